The number of amides is 1. The fourth-order valence-corrected chi connectivity index (χ4v) is 4.49. The Hall–Kier alpha value is -1.89. The number of fused-ring (bicyclic) bond motifs is 1. The number of hydrogen-bond acceptors (Lipinski definition) is 6. The fraction of sp³-hybridized carbons (Fsp3) is 0.632. The van der Waals surface area contributed by atoms with Crippen LogP contribution in [0.1, 0.15) is 61.8 Å². The minimum Gasteiger partial charge on any atom is -0.462 e. The van der Waals surface area contributed by atoms with Crippen LogP contribution in [0.5, 0.6) is 0 Å². The summed E-state index contributed by atoms with van der Waals surface area (Å²) >= 11 is 1.36. The van der Waals surface area contributed by atoms with E-state index in [-0.39, 0.29) is 18.6 Å². The second-order valence-corrected chi connectivity index (χ2v) is 8.51. The van der Waals surface area contributed by atoms with Crippen molar-refractivity contribution in [3.8, 4) is 0 Å². The highest BCUT2D eigenvalue weighted by Crippen LogP contribution is 2.44. The van der Waals surface area contributed by atoms with Crippen LogP contribution >= 0.6 is 11.3 Å². The van der Waals surface area contributed by atoms with Gasteiger partial charge < -0.3 is 14.8 Å². The summed E-state index contributed by atoms with van der Waals surface area (Å²) in [7, 11) is 0. The van der Waals surface area contributed by atoms with Gasteiger partial charge in [0, 0.05) is 4.88 Å². The number of carbonyl (C=O) groups is 3. The van der Waals surface area contributed by atoms with Gasteiger partial charge in [-0.15, -0.1) is 11.3 Å². The zero-order chi connectivity index (χ0) is 19.5. The molecule has 0 fully saturated rings. The molecule has 1 aliphatic carbocycles. The van der Waals surface area contributed by atoms with Gasteiger partial charge in [-0.05, 0) is 50.0 Å². The molecule has 0 aromatic carbocycles. The largest absolute Gasteiger partial charge is 0.462 e. The monoisotopic (exact) mass is 381 g/mol. The third-order valence-electron chi connectivity index (χ3n) is 4.66. The zero-order valence-corrected chi connectivity index (χ0v) is 16.9. The Labute approximate surface area is 158 Å². The number of carbonyl (C=O) groups excluding carboxylic acids is 3. The second-order valence-electron chi connectivity index (χ2n) is 7.41. The van der Waals surface area contributed by atoms with Crippen molar-refractivity contribution in [1.82, 2.24) is 0 Å². The van der Waals surface area contributed by atoms with Gasteiger partial charge in [0.1, 0.15) is 5.00 Å². The molecule has 0 radical (unpaired) electrons. The van der Waals surface area contributed by atoms with Crippen molar-refractivity contribution in [2.24, 2.45) is 11.3 Å². The summed E-state index contributed by atoms with van der Waals surface area (Å²) in [6, 6.07) is 0. The summed E-state index contributed by atoms with van der Waals surface area (Å²) in [5, 5.41) is 2.93. The van der Waals surface area contributed by atoms with Crippen LogP contribution in [0.25, 0.3) is 0 Å². The van der Waals surface area contributed by atoms with E-state index in [2.05, 4.69) is 26.1 Å². The lowest BCUT2D eigenvalue weighted by Crippen LogP contribution is -2.27. The van der Waals surface area contributed by atoms with E-state index in [1.165, 1.54) is 11.3 Å². The predicted molar refractivity (Wildman–Crippen MR) is 101 cm³/mol. The normalized spacial score (nSPS) is 16.6. The topological polar surface area (TPSA) is 81.7 Å². The third kappa shape index (κ3) is 4.44. The Morgan fingerprint density at radius 1 is 1.15 bits per heavy atom. The molecule has 1 heterocycles. The van der Waals surface area contributed by atoms with Gasteiger partial charge in [0.15, 0.2) is 0 Å². The molecule has 1 aromatic rings. The number of rotatable bonds is 4. The average Bonchev–Trinajstić information content (AvgIpc) is 2.91. The van der Waals surface area contributed by atoms with Gasteiger partial charge in [-0.3, -0.25) is 4.79 Å². The number of nitrogens with one attached hydrogen (secondary N) is 1. The second kappa shape index (κ2) is 8.20. The van der Waals surface area contributed by atoms with Crippen molar-refractivity contribution in [2.75, 3.05) is 18.5 Å². The number of ether oxygens (including phenoxy) is 2. The SMILES string of the molecule is CCOC(=O)C(=O)Nc1sc2c(c1C(=O)OCC)CC[C@H](C(C)(C)C)C2. The molecule has 1 aromatic heterocycles. The number of anilines is 1. The summed E-state index contributed by atoms with van der Waals surface area (Å²) < 4.78 is 9.90. The standard InChI is InChI=1S/C19H27NO5S/c1-6-24-17(22)14-12-9-8-11(19(3,4)5)10-13(12)26-16(14)20-15(21)18(23)25-7-2/h11H,6-10H2,1-5H3,(H,20,21)/t11-/m0/s1. The molecular formula is C19H27NO5S. The van der Waals surface area contributed by atoms with Gasteiger partial charge in [0.25, 0.3) is 0 Å². The van der Waals surface area contributed by atoms with E-state index in [4.69, 9.17) is 9.47 Å². The summed E-state index contributed by atoms with van der Waals surface area (Å²) in [5.41, 5.74) is 1.49. The van der Waals surface area contributed by atoms with Gasteiger partial charge in [0.05, 0.1) is 18.8 Å². The molecule has 0 aliphatic heterocycles. The van der Waals surface area contributed by atoms with Gasteiger partial charge in [0.2, 0.25) is 0 Å². The lowest BCUT2D eigenvalue weighted by Gasteiger charge is -2.33. The maximum atomic E-state index is 12.5. The maximum absolute atomic E-state index is 12.5. The highest BCUT2D eigenvalue weighted by atomic mass is 32.1. The molecule has 0 saturated heterocycles. The summed E-state index contributed by atoms with van der Waals surface area (Å²) in [6.45, 7) is 10.4. The van der Waals surface area contributed by atoms with Crippen LogP contribution in [0.2, 0.25) is 0 Å². The molecule has 0 bridgehead atoms. The lowest BCUT2D eigenvalue weighted by molar-refractivity contribution is -0.152. The first kappa shape index (κ1) is 20.4. The summed E-state index contributed by atoms with van der Waals surface area (Å²) in [4.78, 5) is 37.2. The quantitative estimate of drug-likeness (QED) is 0.637. The molecule has 144 valence electrons. The molecule has 0 saturated carbocycles. The molecule has 2 rings (SSSR count). The van der Waals surface area contributed by atoms with E-state index in [1.807, 2.05) is 0 Å². The van der Waals surface area contributed by atoms with Crippen molar-refractivity contribution in [3.63, 3.8) is 0 Å². The molecule has 1 aliphatic rings. The van der Waals surface area contributed by atoms with Crippen molar-refractivity contribution < 1.29 is 23.9 Å². The molecule has 1 N–H and O–H groups in total. The maximum Gasteiger partial charge on any atom is 0.397 e. The van der Waals surface area contributed by atoms with Gasteiger partial charge in [-0.2, -0.15) is 0 Å². The molecule has 7 heteroatoms. The van der Waals surface area contributed by atoms with E-state index in [9.17, 15) is 14.4 Å². The van der Waals surface area contributed by atoms with Crippen LogP contribution in [0.3, 0.4) is 0 Å². The highest BCUT2D eigenvalue weighted by molar-refractivity contribution is 7.17. The van der Waals surface area contributed by atoms with Crippen molar-refractivity contribution >= 4 is 34.2 Å². The van der Waals surface area contributed by atoms with Crippen LogP contribution in [-0.2, 0) is 31.9 Å². The lowest BCUT2D eigenvalue weighted by atomic mass is 9.72. The Bertz CT molecular complexity index is 702. The molecular weight excluding hydrogens is 354 g/mol. The minimum absolute atomic E-state index is 0.116. The number of thiophene rings is 1. The van der Waals surface area contributed by atoms with Crippen molar-refractivity contribution in [3.05, 3.63) is 16.0 Å². The Kier molecular flexibility index (Phi) is 6.44. The summed E-state index contributed by atoms with van der Waals surface area (Å²) in [5.74, 6) is -1.79. The Morgan fingerprint density at radius 3 is 2.38 bits per heavy atom. The van der Waals surface area contributed by atoms with Crippen LogP contribution in [0.15, 0.2) is 0 Å². The highest BCUT2D eigenvalue weighted by Gasteiger charge is 2.35. The Balaban J connectivity index is 2.35. The van der Waals surface area contributed by atoms with Crippen LogP contribution in [0.4, 0.5) is 5.00 Å². The molecule has 0 spiro atoms. The van der Waals surface area contributed by atoms with E-state index in [0.717, 1.165) is 29.7 Å². The minimum atomic E-state index is -0.957. The first-order valence-electron chi connectivity index (χ1n) is 8.98. The van der Waals surface area contributed by atoms with Crippen LogP contribution < -0.4 is 5.32 Å². The third-order valence-corrected chi connectivity index (χ3v) is 5.83. The molecule has 1 amide bonds. The van der Waals surface area contributed by atoms with Crippen molar-refractivity contribution in [2.45, 2.75) is 53.9 Å². The van der Waals surface area contributed by atoms with Gasteiger partial charge in [-0.25, -0.2) is 9.59 Å². The fourth-order valence-electron chi connectivity index (χ4n) is 3.18. The average molecular weight is 381 g/mol. The first-order chi connectivity index (χ1) is 12.2. The number of hydrogen-bond donors (Lipinski definition) is 1. The van der Waals surface area contributed by atoms with Crippen molar-refractivity contribution in [1.29, 1.82) is 0 Å². The van der Waals surface area contributed by atoms with Gasteiger partial charge >= 0.3 is 17.8 Å². The van der Waals surface area contributed by atoms with E-state index in [1.54, 1.807) is 13.8 Å². The van der Waals surface area contributed by atoms with E-state index >= 15 is 0 Å². The van der Waals surface area contributed by atoms with E-state index in [0.29, 0.717) is 16.5 Å². The van der Waals surface area contributed by atoms with E-state index < -0.39 is 17.8 Å². The number of esters is 2. The Morgan fingerprint density at radius 2 is 1.81 bits per heavy atom. The molecule has 0 unspecified atom stereocenters. The zero-order valence-electron chi connectivity index (χ0n) is 16.1. The van der Waals surface area contributed by atoms with Crippen LogP contribution in [0, 0.1) is 11.3 Å². The smallest absolute Gasteiger partial charge is 0.397 e. The van der Waals surface area contributed by atoms with Gasteiger partial charge in [-0.1, -0.05) is 20.8 Å². The first-order valence-corrected chi connectivity index (χ1v) is 9.80. The molecule has 1 atom stereocenters. The molecule has 26 heavy (non-hydrogen) atoms. The molecule has 6 nitrogen and oxygen atoms in total. The summed E-state index contributed by atoms with van der Waals surface area (Å²) in [6.07, 6.45) is 2.59. The predicted octanol–water partition coefficient (Wildman–Crippen LogP) is 3.58. The van der Waals surface area contributed by atoms with Crippen LogP contribution in [-0.4, -0.2) is 31.1 Å².